The Morgan fingerprint density at radius 3 is 2.94 bits per heavy atom. The van der Waals surface area contributed by atoms with E-state index in [9.17, 15) is 9.90 Å². The van der Waals surface area contributed by atoms with Gasteiger partial charge < -0.3 is 20.6 Å². The number of rotatable bonds is 5. The van der Waals surface area contributed by atoms with Crippen LogP contribution in [0, 0.1) is 0 Å². The highest BCUT2D eigenvalue weighted by molar-refractivity contribution is 5.92. The van der Waals surface area contributed by atoms with E-state index in [0.717, 1.165) is 0 Å². The summed E-state index contributed by atoms with van der Waals surface area (Å²) < 4.78 is 1.44. The van der Waals surface area contributed by atoms with E-state index in [0.29, 0.717) is 5.65 Å². The largest absolute Gasteiger partial charge is 0.476 e. The van der Waals surface area contributed by atoms with Gasteiger partial charge in [0.15, 0.2) is 11.5 Å². The molecular formula is C11H13N3O4. The van der Waals surface area contributed by atoms with Gasteiger partial charge in [0.25, 0.3) is 0 Å². The lowest BCUT2D eigenvalue weighted by molar-refractivity contribution is 0.0690. The van der Waals surface area contributed by atoms with Crippen molar-refractivity contribution in [3.05, 3.63) is 30.1 Å². The maximum absolute atomic E-state index is 11.2. The number of carboxylic acid groups (broad SMARTS) is 1. The van der Waals surface area contributed by atoms with Crippen molar-refractivity contribution >= 4 is 17.4 Å². The summed E-state index contributed by atoms with van der Waals surface area (Å²) in [4.78, 5) is 15.3. The van der Waals surface area contributed by atoms with Crippen LogP contribution < -0.4 is 5.32 Å². The van der Waals surface area contributed by atoms with Gasteiger partial charge in [-0.15, -0.1) is 0 Å². The number of nitrogens with one attached hydrogen (secondary N) is 1. The molecule has 1 atom stereocenters. The zero-order chi connectivity index (χ0) is 13.1. The number of carboxylic acids is 1. The summed E-state index contributed by atoms with van der Waals surface area (Å²) in [6, 6.07) is 5.13. The molecule has 0 amide bonds. The fraction of sp³-hybridized carbons (Fsp3) is 0.273. The number of aliphatic hydroxyl groups excluding tert-OH is 2. The smallest absolute Gasteiger partial charge is 0.356 e. The number of aromatic carboxylic acids is 1. The molecule has 96 valence electrons. The van der Waals surface area contributed by atoms with E-state index >= 15 is 0 Å². The Kier molecular flexibility index (Phi) is 3.45. The average molecular weight is 251 g/mol. The van der Waals surface area contributed by atoms with Crippen molar-refractivity contribution in [1.29, 1.82) is 0 Å². The van der Waals surface area contributed by atoms with Gasteiger partial charge in [-0.05, 0) is 12.1 Å². The SMILES string of the molecule is O=C(O)c1c(NCC(O)CO)nc2ccccn12. The van der Waals surface area contributed by atoms with Crippen LogP contribution in [-0.2, 0) is 0 Å². The summed E-state index contributed by atoms with van der Waals surface area (Å²) in [5, 5.41) is 29.8. The summed E-state index contributed by atoms with van der Waals surface area (Å²) in [5.41, 5.74) is 0.492. The third-order valence-electron chi connectivity index (χ3n) is 2.45. The number of pyridine rings is 1. The van der Waals surface area contributed by atoms with E-state index in [1.807, 2.05) is 0 Å². The molecule has 0 aromatic carbocycles. The fourth-order valence-corrected chi connectivity index (χ4v) is 1.60. The molecule has 0 aliphatic rings. The molecule has 2 aromatic rings. The molecule has 7 heteroatoms. The summed E-state index contributed by atoms with van der Waals surface area (Å²) in [6.07, 6.45) is 0.635. The minimum absolute atomic E-state index is 0.00394. The van der Waals surface area contributed by atoms with Crippen molar-refractivity contribution in [2.75, 3.05) is 18.5 Å². The molecule has 2 aromatic heterocycles. The van der Waals surface area contributed by atoms with Gasteiger partial charge in [-0.3, -0.25) is 4.40 Å². The van der Waals surface area contributed by atoms with Crippen LogP contribution in [0.4, 0.5) is 5.82 Å². The van der Waals surface area contributed by atoms with Gasteiger partial charge in [-0.1, -0.05) is 6.07 Å². The number of hydrogen-bond donors (Lipinski definition) is 4. The van der Waals surface area contributed by atoms with Gasteiger partial charge >= 0.3 is 5.97 Å². The number of hydrogen-bond acceptors (Lipinski definition) is 5. The number of nitrogens with zero attached hydrogens (tertiary/aromatic N) is 2. The number of anilines is 1. The van der Waals surface area contributed by atoms with Crippen molar-refractivity contribution in [2.45, 2.75) is 6.10 Å². The first-order valence-electron chi connectivity index (χ1n) is 5.36. The number of carbonyl (C=O) groups is 1. The lowest BCUT2D eigenvalue weighted by Gasteiger charge is -2.08. The number of imidazole rings is 1. The van der Waals surface area contributed by atoms with Crippen molar-refractivity contribution in [2.24, 2.45) is 0 Å². The molecule has 7 nitrogen and oxygen atoms in total. The summed E-state index contributed by atoms with van der Waals surface area (Å²) in [7, 11) is 0. The molecule has 0 spiro atoms. The van der Waals surface area contributed by atoms with Crippen LogP contribution in [0.5, 0.6) is 0 Å². The molecular weight excluding hydrogens is 238 g/mol. The van der Waals surface area contributed by atoms with Crippen LogP contribution in [0.3, 0.4) is 0 Å². The quantitative estimate of drug-likeness (QED) is 0.586. The molecule has 1 unspecified atom stereocenters. The van der Waals surface area contributed by atoms with Crippen LogP contribution in [0.1, 0.15) is 10.5 Å². The van der Waals surface area contributed by atoms with Crippen molar-refractivity contribution in [1.82, 2.24) is 9.38 Å². The predicted octanol–water partition coefficient (Wildman–Crippen LogP) is -0.202. The van der Waals surface area contributed by atoms with E-state index in [-0.39, 0.29) is 18.1 Å². The van der Waals surface area contributed by atoms with Crippen LogP contribution in [0.15, 0.2) is 24.4 Å². The van der Waals surface area contributed by atoms with E-state index < -0.39 is 18.7 Å². The zero-order valence-electron chi connectivity index (χ0n) is 9.45. The molecule has 0 aliphatic carbocycles. The highest BCUT2D eigenvalue weighted by Gasteiger charge is 2.18. The average Bonchev–Trinajstić information content (AvgIpc) is 2.74. The molecule has 2 heterocycles. The number of fused-ring (bicyclic) bond motifs is 1. The van der Waals surface area contributed by atoms with E-state index in [1.165, 1.54) is 4.40 Å². The van der Waals surface area contributed by atoms with Crippen molar-refractivity contribution in [3.63, 3.8) is 0 Å². The van der Waals surface area contributed by atoms with E-state index in [4.69, 9.17) is 10.2 Å². The molecule has 0 aliphatic heterocycles. The molecule has 0 saturated carbocycles. The van der Waals surface area contributed by atoms with Gasteiger partial charge in [-0.25, -0.2) is 9.78 Å². The summed E-state index contributed by atoms with van der Waals surface area (Å²) >= 11 is 0. The highest BCUT2D eigenvalue weighted by atomic mass is 16.4. The Balaban J connectivity index is 2.37. The molecule has 0 saturated heterocycles. The molecule has 0 radical (unpaired) electrons. The van der Waals surface area contributed by atoms with Crippen LogP contribution in [0.25, 0.3) is 5.65 Å². The molecule has 0 fully saturated rings. The maximum atomic E-state index is 11.2. The molecule has 4 N–H and O–H groups in total. The second-order valence-electron chi connectivity index (χ2n) is 3.76. The van der Waals surface area contributed by atoms with E-state index in [1.54, 1.807) is 24.4 Å². The third-order valence-corrected chi connectivity index (χ3v) is 2.45. The minimum Gasteiger partial charge on any atom is -0.476 e. The van der Waals surface area contributed by atoms with Gasteiger partial charge in [0.2, 0.25) is 0 Å². The standard InChI is InChI=1S/C11H13N3O4/c15-6-7(16)5-12-10-9(11(17)18)14-4-2-1-3-8(14)13-10/h1-4,7,12,15-16H,5-6H2,(H,17,18). The maximum Gasteiger partial charge on any atom is 0.356 e. The number of aliphatic hydroxyl groups is 2. The second kappa shape index (κ2) is 5.03. The van der Waals surface area contributed by atoms with Gasteiger partial charge in [0, 0.05) is 12.7 Å². The van der Waals surface area contributed by atoms with Crippen molar-refractivity contribution < 1.29 is 20.1 Å². The molecule has 2 rings (SSSR count). The first-order chi connectivity index (χ1) is 8.63. The van der Waals surface area contributed by atoms with Gasteiger partial charge in [0.05, 0.1) is 12.7 Å². The van der Waals surface area contributed by atoms with Crippen molar-refractivity contribution in [3.8, 4) is 0 Å². The van der Waals surface area contributed by atoms with Crippen LogP contribution in [-0.4, -0.2) is 49.9 Å². The topological polar surface area (TPSA) is 107 Å². The Labute approximate surface area is 102 Å². The second-order valence-corrected chi connectivity index (χ2v) is 3.76. The lowest BCUT2D eigenvalue weighted by Crippen LogP contribution is -2.24. The first-order valence-corrected chi connectivity index (χ1v) is 5.36. The Morgan fingerprint density at radius 2 is 2.28 bits per heavy atom. The zero-order valence-corrected chi connectivity index (χ0v) is 9.45. The Morgan fingerprint density at radius 1 is 1.50 bits per heavy atom. The first kappa shape index (κ1) is 12.3. The fourth-order valence-electron chi connectivity index (χ4n) is 1.60. The van der Waals surface area contributed by atoms with E-state index in [2.05, 4.69) is 10.3 Å². The predicted molar refractivity (Wildman–Crippen MR) is 63.7 cm³/mol. The Hall–Kier alpha value is -2.12. The van der Waals surface area contributed by atoms with Gasteiger partial charge in [-0.2, -0.15) is 0 Å². The van der Waals surface area contributed by atoms with Gasteiger partial charge in [0.1, 0.15) is 5.65 Å². The monoisotopic (exact) mass is 251 g/mol. The molecule has 18 heavy (non-hydrogen) atoms. The highest BCUT2D eigenvalue weighted by Crippen LogP contribution is 2.17. The third kappa shape index (κ3) is 2.27. The van der Waals surface area contributed by atoms with Crippen LogP contribution in [0.2, 0.25) is 0 Å². The Bertz CT molecular complexity index is 566. The lowest BCUT2D eigenvalue weighted by atomic mass is 10.3. The minimum atomic E-state index is -1.12. The summed E-state index contributed by atoms with van der Waals surface area (Å²) in [5.74, 6) is -0.948. The van der Waals surface area contributed by atoms with Crippen LogP contribution >= 0.6 is 0 Å². The normalized spacial score (nSPS) is 12.6. The summed E-state index contributed by atoms with van der Waals surface area (Å²) in [6.45, 7) is -0.372. The molecule has 0 bridgehead atoms. The number of aromatic nitrogens is 2.